The minimum absolute atomic E-state index is 0.0173. The van der Waals surface area contributed by atoms with Crippen LogP contribution in [0.2, 0.25) is 18.1 Å². The summed E-state index contributed by atoms with van der Waals surface area (Å²) in [6.07, 6.45) is 4.66. The molecule has 0 bridgehead atoms. The highest BCUT2D eigenvalue weighted by Gasteiger charge is 2.41. The second-order valence-corrected chi connectivity index (χ2v) is 15.9. The van der Waals surface area contributed by atoms with Crippen LogP contribution in [0.5, 0.6) is 0 Å². The van der Waals surface area contributed by atoms with E-state index in [9.17, 15) is 14.4 Å². The number of hydrogen-bond donors (Lipinski definition) is 0. The van der Waals surface area contributed by atoms with Gasteiger partial charge in [0.1, 0.15) is 6.10 Å². The molecule has 1 rings (SSSR count). The molecular weight excluding hydrogens is 448 g/mol. The summed E-state index contributed by atoms with van der Waals surface area (Å²) in [5.74, 6) is -0.315. The number of carbonyl (C=O) groups is 3. The molecular formula is C27H44O6Si. The quantitative estimate of drug-likeness (QED) is 0.126. The van der Waals surface area contributed by atoms with E-state index in [1.54, 1.807) is 6.92 Å². The summed E-state index contributed by atoms with van der Waals surface area (Å²) >= 11 is 0. The lowest BCUT2D eigenvalue weighted by Crippen LogP contribution is -2.41. The molecule has 192 valence electrons. The number of allylic oxidation sites excluding steroid dienone is 3. The van der Waals surface area contributed by atoms with Crippen LogP contribution in [0.25, 0.3) is 0 Å². The highest BCUT2D eigenvalue weighted by molar-refractivity contribution is 6.74. The number of hydrogen-bond acceptors (Lipinski definition) is 6. The molecule has 0 aromatic carbocycles. The first-order chi connectivity index (χ1) is 15.5. The standard InChI is InChI=1S/C27H44O6Si/c1-17-12-23(18(2)14-20(4)33-34(10,11)27(6,7)8)24(25(13-17)32-21(5)28)16-22(29)15-19(3)26(30)31-9/h14-15,17,23-25H,4,12-13,16H2,1-3,5-11H3/b18-14+,19-15-/t17-,23+,24+,25-/m1/s1. The van der Waals surface area contributed by atoms with Crippen LogP contribution in [0.1, 0.15) is 67.7 Å². The first kappa shape index (κ1) is 29.9. The molecule has 0 saturated heterocycles. The van der Waals surface area contributed by atoms with Crippen LogP contribution in [0, 0.1) is 17.8 Å². The zero-order valence-electron chi connectivity index (χ0n) is 22.7. The average molecular weight is 493 g/mol. The number of methoxy groups -OCH3 is 1. The van der Waals surface area contributed by atoms with Gasteiger partial charge < -0.3 is 13.9 Å². The van der Waals surface area contributed by atoms with Gasteiger partial charge in [-0.1, -0.05) is 39.8 Å². The highest BCUT2D eigenvalue weighted by Crippen LogP contribution is 2.43. The smallest absolute Gasteiger partial charge is 0.333 e. The number of ether oxygens (including phenoxy) is 2. The fraction of sp³-hybridized carbons (Fsp3) is 0.667. The topological polar surface area (TPSA) is 78.9 Å². The van der Waals surface area contributed by atoms with Crippen molar-refractivity contribution in [3.8, 4) is 0 Å². The van der Waals surface area contributed by atoms with Gasteiger partial charge in [-0.25, -0.2) is 4.79 Å². The lowest BCUT2D eigenvalue weighted by Gasteiger charge is -2.41. The van der Waals surface area contributed by atoms with Crippen molar-refractivity contribution in [2.45, 2.75) is 92.0 Å². The predicted octanol–water partition coefficient (Wildman–Crippen LogP) is 6.14. The summed E-state index contributed by atoms with van der Waals surface area (Å²) in [5, 5.41) is 0.0518. The van der Waals surface area contributed by atoms with Crippen molar-refractivity contribution in [1.82, 2.24) is 0 Å². The largest absolute Gasteiger partial charge is 0.544 e. The van der Waals surface area contributed by atoms with Crippen molar-refractivity contribution in [3.63, 3.8) is 0 Å². The minimum atomic E-state index is -2.03. The molecule has 34 heavy (non-hydrogen) atoms. The molecule has 0 aliphatic heterocycles. The summed E-state index contributed by atoms with van der Waals surface area (Å²) in [5.41, 5.74) is 1.31. The van der Waals surface area contributed by atoms with E-state index in [0.717, 1.165) is 12.0 Å². The van der Waals surface area contributed by atoms with E-state index >= 15 is 0 Å². The second kappa shape index (κ2) is 12.0. The second-order valence-electron chi connectivity index (χ2n) is 11.2. The highest BCUT2D eigenvalue weighted by atomic mass is 28.4. The third-order valence-corrected chi connectivity index (χ3v) is 11.5. The molecule has 0 aromatic heterocycles. The molecule has 4 atom stereocenters. The van der Waals surface area contributed by atoms with E-state index < -0.39 is 14.3 Å². The van der Waals surface area contributed by atoms with Crippen LogP contribution < -0.4 is 0 Å². The maximum Gasteiger partial charge on any atom is 0.333 e. The summed E-state index contributed by atoms with van der Waals surface area (Å²) in [4.78, 5) is 36.4. The van der Waals surface area contributed by atoms with Crippen LogP contribution in [0.3, 0.4) is 0 Å². The Bertz CT molecular complexity index is 846. The van der Waals surface area contributed by atoms with Gasteiger partial charge in [-0.3, -0.25) is 9.59 Å². The first-order valence-electron chi connectivity index (χ1n) is 12.0. The van der Waals surface area contributed by atoms with Crippen LogP contribution >= 0.6 is 0 Å². The van der Waals surface area contributed by atoms with Gasteiger partial charge in [0.25, 0.3) is 0 Å². The van der Waals surface area contributed by atoms with Gasteiger partial charge in [-0.15, -0.1) is 0 Å². The number of carbonyl (C=O) groups excluding carboxylic acids is 3. The molecule has 6 nitrogen and oxygen atoms in total. The van der Waals surface area contributed by atoms with Crippen LogP contribution in [0.15, 0.2) is 35.6 Å². The molecule has 0 amide bonds. The summed E-state index contributed by atoms with van der Waals surface area (Å²) in [7, 11) is -0.744. The number of ketones is 1. The maximum atomic E-state index is 12.9. The van der Waals surface area contributed by atoms with Crippen LogP contribution in [0.4, 0.5) is 0 Å². The molecule has 0 radical (unpaired) electrons. The van der Waals surface area contributed by atoms with Crippen molar-refractivity contribution >= 4 is 26.0 Å². The molecule has 0 spiro atoms. The lowest BCUT2D eigenvalue weighted by atomic mass is 9.68. The Morgan fingerprint density at radius 1 is 1.06 bits per heavy atom. The van der Waals surface area contributed by atoms with Gasteiger partial charge in [0.15, 0.2) is 5.78 Å². The van der Waals surface area contributed by atoms with Crippen LogP contribution in [-0.2, 0) is 28.3 Å². The monoisotopic (exact) mass is 492 g/mol. The molecule has 1 aliphatic carbocycles. The summed E-state index contributed by atoms with van der Waals surface area (Å²) in [6.45, 7) is 22.2. The number of rotatable bonds is 9. The van der Waals surface area contributed by atoms with Crippen molar-refractivity contribution in [2.75, 3.05) is 7.11 Å². The van der Waals surface area contributed by atoms with E-state index in [1.165, 1.54) is 20.1 Å². The Morgan fingerprint density at radius 3 is 2.15 bits per heavy atom. The molecule has 7 heteroatoms. The summed E-state index contributed by atoms with van der Waals surface area (Å²) < 4.78 is 16.7. The van der Waals surface area contributed by atoms with Gasteiger partial charge in [0.2, 0.25) is 8.32 Å². The Labute approximate surface area is 206 Å². The Hall–Kier alpha value is -2.15. The molecule has 0 N–H and O–H groups in total. The molecule has 0 aromatic rings. The lowest BCUT2D eigenvalue weighted by molar-refractivity contribution is -0.154. The predicted molar refractivity (Wildman–Crippen MR) is 138 cm³/mol. The van der Waals surface area contributed by atoms with E-state index in [4.69, 9.17) is 13.9 Å². The number of esters is 2. The zero-order chi connectivity index (χ0) is 26.4. The Morgan fingerprint density at radius 2 is 1.65 bits per heavy atom. The zero-order valence-corrected chi connectivity index (χ0v) is 23.7. The van der Waals surface area contributed by atoms with E-state index in [2.05, 4.69) is 47.4 Å². The fourth-order valence-electron chi connectivity index (χ4n) is 4.30. The minimum Gasteiger partial charge on any atom is -0.544 e. The molecule has 1 saturated carbocycles. The third kappa shape index (κ3) is 8.57. The normalized spacial score (nSPS) is 24.3. The van der Waals surface area contributed by atoms with E-state index in [-0.39, 0.29) is 46.7 Å². The Balaban J connectivity index is 3.25. The summed E-state index contributed by atoms with van der Waals surface area (Å²) in [6, 6.07) is 0. The van der Waals surface area contributed by atoms with Gasteiger partial charge in [0, 0.05) is 24.8 Å². The van der Waals surface area contributed by atoms with Gasteiger partial charge in [0.05, 0.1) is 12.9 Å². The molecule has 0 unspecified atom stereocenters. The van der Waals surface area contributed by atoms with E-state index in [1.807, 2.05) is 13.0 Å². The average Bonchev–Trinajstić information content (AvgIpc) is 2.66. The maximum absolute atomic E-state index is 12.9. The molecule has 0 heterocycles. The van der Waals surface area contributed by atoms with Gasteiger partial charge >= 0.3 is 11.9 Å². The Kier molecular flexibility index (Phi) is 10.5. The SMILES string of the molecule is C=C(/C=C(\C)[C@@H]1C[C@@H](C)C[C@@H](OC(C)=O)[C@H]1CC(=O)/C=C(/C)C(=O)OC)O[Si](C)(C)C(C)(C)C. The first-order valence-corrected chi connectivity index (χ1v) is 14.9. The van der Waals surface area contributed by atoms with E-state index in [0.29, 0.717) is 18.1 Å². The fourth-order valence-corrected chi connectivity index (χ4v) is 5.33. The van der Waals surface area contributed by atoms with Crippen molar-refractivity contribution < 1.29 is 28.3 Å². The third-order valence-electron chi connectivity index (χ3n) is 7.09. The van der Waals surface area contributed by atoms with Crippen molar-refractivity contribution in [2.24, 2.45) is 17.8 Å². The molecule has 1 aliphatic rings. The molecule has 1 fully saturated rings. The van der Waals surface area contributed by atoms with Gasteiger partial charge in [-0.2, -0.15) is 0 Å². The van der Waals surface area contributed by atoms with Gasteiger partial charge in [-0.05, 0) is 68.8 Å². The van der Waals surface area contributed by atoms with Crippen LogP contribution in [-0.4, -0.2) is 39.3 Å². The van der Waals surface area contributed by atoms with Crippen molar-refractivity contribution in [1.29, 1.82) is 0 Å². The van der Waals surface area contributed by atoms with Crippen molar-refractivity contribution in [3.05, 3.63) is 35.6 Å².